The van der Waals surface area contributed by atoms with Crippen molar-refractivity contribution in [2.45, 2.75) is 20.8 Å². The van der Waals surface area contributed by atoms with Crippen LogP contribution in [0.2, 0.25) is 0 Å². The quantitative estimate of drug-likeness (QED) is 0.777. The van der Waals surface area contributed by atoms with Gasteiger partial charge >= 0.3 is 0 Å². The van der Waals surface area contributed by atoms with E-state index in [-0.39, 0.29) is 11.7 Å². The summed E-state index contributed by atoms with van der Waals surface area (Å²) >= 11 is 0. The van der Waals surface area contributed by atoms with Crippen LogP contribution in [0.1, 0.15) is 31.1 Å². The van der Waals surface area contributed by atoms with Gasteiger partial charge in [0.05, 0.1) is 0 Å². The normalized spacial score (nSPS) is 16.9. The molecule has 1 aromatic heterocycles. The molecule has 19 heavy (non-hydrogen) atoms. The summed E-state index contributed by atoms with van der Waals surface area (Å²) in [6.07, 6.45) is 1.71. The van der Waals surface area contributed by atoms with Crippen molar-refractivity contribution in [2.24, 2.45) is 5.92 Å². The first-order chi connectivity index (χ1) is 9.11. The maximum absolute atomic E-state index is 11.9. The molecule has 0 N–H and O–H groups in total. The molecule has 0 atom stereocenters. The number of carbonyl (C=O) groups is 1. The number of Topliss-reactive ketones (excluding diaryl/α,β-unsaturated/α-hetero) is 1. The lowest BCUT2D eigenvalue weighted by Crippen LogP contribution is -2.46. The Morgan fingerprint density at radius 2 is 1.95 bits per heavy atom. The van der Waals surface area contributed by atoms with Crippen LogP contribution in [0.3, 0.4) is 0 Å². The summed E-state index contributed by atoms with van der Waals surface area (Å²) in [6, 6.07) is 3.87. The van der Waals surface area contributed by atoms with Gasteiger partial charge in [0, 0.05) is 43.9 Å². The highest BCUT2D eigenvalue weighted by atomic mass is 16.1. The Bertz CT molecular complexity index is 420. The third kappa shape index (κ3) is 3.32. The molecule has 104 valence electrons. The Kier molecular flexibility index (Phi) is 4.53. The zero-order valence-corrected chi connectivity index (χ0v) is 12.1. The number of likely N-dealkylation sites (N-methyl/N-ethyl adjacent to an activating group) is 1. The van der Waals surface area contributed by atoms with E-state index < -0.39 is 0 Å². The fourth-order valence-electron chi connectivity index (χ4n) is 2.35. The standard InChI is InChI=1S/C15H23N3O/c1-4-17-7-9-18(10-8-17)14-6-5-13(11-16-14)15(19)12(2)3/h5-6,11-12H,4,7-10H2,1-3H3. The minimum atomic E-state index is 0.0285. The van der Waals surface area contributed by atoms with Crippen molar-refractivity contribution in [1.82, 2.24) is 9.88 Å². The number of hydrogen-bond acceptors (Lipinski definition) is 4. The van der Waals surface area contributed by atoms with Gasteiger partial charge in [-0.3, -0.25) is 4.79 Å². The van der Waals surface area contributed by atoms with E-state index in [0.29, 0.717) is 5.56 Å². The van der Waals surface area contributed by atoms with E-state index in [2.05, 4.69) is 21.7 Å². The highest BCUT2D eigenvalue weighted by Gasteiger charge is 2.17. The molecule has 2 rings (SSSR count). The maximum Gasteiger partial charge on any atom is 0.166 e. The highest BCUT2D eigenvalue weighted by Crippen LogP contribution is 2.15. The van der Waals surface area contributed by atoms with Crippen molar-refractivity contribution < 1.29 is 4.79 Å². The van der Waals surface area contributed by atoms with Gasteiger partial charge in [-0.1, -0.05) is 20.8 Å². The average molecular weight is 261 g/mol. The van der Waals surface area contributed by atoms with Crippen LogP contribution in [0, 0.1) is 5.92 Å². The van der Waals surface area contributed by atoms with E-state index in [1.165, 1.54) is 0 Å². The molecule has 1 aliphatic rings. The molecule has 0 bridgehead atoms. The van der Waals surface area contributed by atoms with E-state index in [1.54, 1.807) is 6.20 Å². The van der Waals surface area contributed by atoms with E-state index in [0.717, 1.165) is 38.5 Å². The Morgan fingerprint density at radius 1 is 1.26 bits per heavy atom. The fourth-order valence-corrected chi connectivity index (χ4v) is 2.35. The third-order valence-electron chi connectivity index (χ3n) is 3.70. The van der Waals surface area contributed by atoms with Crippen LogP contribution in [0.4, 0.5) is 5.82 Å². The molecule has 0 spiro atoms. The molecule has 0 saturated carbocycles. The van der Waals surface area contributed by atoms with E-state index in [1.807, 2.05) is 26.0 Å². The minimum absolute atomic E-state index is 0.0285. The number of hydrogen-bond donors (Lipinski definition) is 0. The summed E-state index contributed by atoms with van der Waals surface area (Å²) in [5, 5.41) is 0. The molecule has 1 fully saturated rings. The van der Waals surface area contributed by atoms with Gasteiger partial charge in [-0.15, -0.1) is 0 Å². The molecule has 1 aromatic rings. The fraction of sp³-hybridized carbons (Fsp3) is 0.600. The second-order valence-electron chi connectivity index (χ2n) is 5.35. The molecule has 4 heteroatoms. The van der Waals surface area contributed by atoms with E-state index >= 15 is 0 Å². The van der Waals surface area contributed by atoms with Crippen LogP contribution in [0.15, 0.2) is 18.3 Å². The largest absolute Gasteiger partial charge is 0.354 e. The van der Waals surface area contributed by atoms with Gasteiger partial charge in [0.2, 0.25) is 0 Å². The number of pyridine rings is 1. The van der Waals surface area contributed by atoms with Crippen LogP contribution in [-0.4, -0.2) is 48.4 Å². The minimum Gasteiger partial charge on any atom is -0.354 e. The number of carbonyl (C=O) groups excluding carboxylic acids is 1. The SMILES string of the molecule is CCN1CCN(c2ccc(C(=O)C(C)C)cn2)CC1. The van der Waals surface area contributed by atoms with E-state index in [9.17, 15) is 4.79 Å². The predicted octanol–water partition coefficient (Wildman–Crippen LogP) is 2.06. The van der Waals surface area contributed by atoms with Gasteiger partial charge in [-0.25, -0.2) is 4.98 Å². The summed E-state index contributed by atoms with van der Waals surface area (Å²) in [5.41, 5.74) is 0.714. The van der Waals surface area contributed by atoms with Gasteiger partial charge < -0.3 is 9.80 Å². The maximum atomic E-state index is 11.9. The van der Waals surface area contributed by atoms with Crippen LogP contribution in [0.5, 0.6) is 0 Å². The Hall–Kier alpha value is -1.42. The number of piperazine rings is 1. The summed E-state index contributed by atoms with van der Waals surface area (Å²) in [7, 11) is 0. The van der Waals surface area contributed by atoms with Crippen molar-refractivity contribution in [1.29, 1.82) is 0 Å². The number of anilines is 1. The second-order valence-corrected chi connectivity index (χ2v) is 5.35. The summed E-state index contributed by atoms with van der Waals surface area (Å²) < 4.78 is 0. The molecule has 0 amide bonds. The lowest BCUT2D eigenvalue weighted by Gasteiger charge is -2.34. The molecular weight excluding hydrogens is 238 g/mol. The first-order valence-corrected chi connectivity index (χ1v) is 7.09. The number of nitrogens with zero attached hydrogens (tertiary/aromatic N) is 3. The molecule has 0 unspecified atom stereocenters. The number of rotatable bonds is 4. The predicted molar refractivity (Wildman–Crippen MR) is 77.7 cm³/mol. The van der Waals surface area contributed by atoms with Crippen molar-refractivity contribution in [3.05, 3.63) is 23.9 Å². The van der Waals surface area contributed by atoms with Gasteiger partial charge in [-0.05, 0) is 18.7 Å². The number of aromatic nitrogens is 1. The third-order valence-corrected chi connectivity index (χ3v) is 3.70. The Labute approximate surface area is 115 Å². The lowest BCUT2D eigenvalue weighted by molar-refractivity contribution is 0.0939. The number of ketones is 1. The molecular formula is C15H23N3O. The van der Waals surface area contributed by atoms with Gasteiger partial charge in [0.1, 0.15) is 5.82 Å². The Balaban J connectivity index is 2.01. The Morgan fingerprint density at radius 3 is 2.42 bits per heavy atom. The van der Waals surface area contributed by atoms with Crippen molar-refractivity contribution in [2.75, 3.05) is 37.6 Å². The van der Waals surface area contributed by atoms with Crippen LogP contribution >= 0.6 is 0 Å². The summed E-state index contributed by atoms with van der Waals surface area (Å²) in [5.74, 6) is 1.17. The van der Waals surface area contributed by atoms with Gasteiger partial charge in [-0.2, -0.15) is 0 Å². The molecule has 4 nitrogen and oxygen atoms in total. The zero-order chi connectivity index (χ0) is 13.8. The summed E-state index contributed by atoms with van der Waals surface area (Å²) in [4.78, 5) is 21.0. The highest BCUT2D eigenvalue weighted by molar-refractivity contribution is 5.97. The summed E-state index contributed by atoms with van der Waals surface area (Å²) in [6.45, 7) is 11.3. The van der Waals surface area contributed by atoms with Gasteiger partial charge in [0.25, 0.3) is 0 Å². The van der Waals surface area contributed by atoms with Crippen LogP contribution < -0.4 is 4.90 Å². The van der Waals surface area contributed by atoms with Crippen molar-refractivity contribution in [3.8, 4) is 0 Å². The van der Waals surface area contributed by atoms with Crippen molar-refractivity contribution in [3.63, 3.8) is 0 Å². The van der Waals surface area contributed by atoms with E-state index in [4.69, 9.17) is 0 Å². The molecule has 2 heterocycles. The smallest absolute Gasteiger partial charge is 0.166 e. The molecule has 0 radical (unpaired) electrons. The molecule has 1 saturated heterocycles. The topological polar surface area (TPSA) is 36.4 Å². The monoisotopic (exact) mass is 261 g/mol. The van der Waals surface area contributed by atoms with Crippen LogP contribution in [-0.2, 0) is 0 Å². The molecule has 0 aromatic carbocycles. The second kappa shape index (κ2) is 6.15. The van der Waals surface area contributed by atoms with Gasteiger partial charge in [0.15, 0.2) is 5.78 Å². The van der Waals surface area contributed by atoms with Crippen molar-refractivity contribution >= 4 is 11.6 Å². The first kappa shape index (κ1) is 14.0. The van der Waals surface area contributed by atoms with Crippen LogP contribution in [0.25, 0.3) is 0 Å². The molecule has 0 aliphatic carbocycles. The zero-order valence-electron chi connectivity index (χ0n) is 12.1. The first-order valence-electron chi connectivity index (χ1n) is 7.09. The lowest BCUT2D eigenvalue weighted by atomic mass is 10.0. The molecule has 1 aliphatic heterocycles. The average Bonchev–Trinajstić information content (AvgIpc) is 2.46.